The first-order valence-corrected chi connectivity index (χ1v) is 17.9. The number of anilines is 1. The highest BCUT2D eigenvalue weighted by atomic mass is 32.2. The maximum atomic E-state index is 13.8. The zero-order valence-electron chi connectivity index (χ0n) is 27.7. The number of hydrogen-bond acceptors (Lipinski definition) is 10. The Balaban J connectivity index is 1.38. The summed E-state index contributed by atoms with van der Waals surface area (Å²) in [5.74, 6) is 0.791. The second-order valence-corrected chi connectivity index (χ2v) is 14.0. The minimum absolute atomic E-state index is 0.0637. The number of Topliss-reactive ketones (excluding diaryl/α,β-unsaturated/α-hetero) is 1. The van der Waals surface area contributed by atoms with Crippen LogP contribution >= 0.6 is 23.1 Å². The molecule has 0 radical (unpaired) electrons. The molecule has 11 heteroatoms. The summed E-state index contributed by atoms with van der Waals surface area (Å²) in [4.78, 5) is 29.0. The second-order valence-electron chi connectivity index (χ2n) is 11.8. The minimum atomic E-state index is -1.00. The largest absolute Gasteiger partial charge is 0.507 e. The summed E-state index contributed by atoms with van der Waals surface area (Å²) < 4.78 is 17.9. The molecule has 0 spiro atoms. The van der Waals surface area contributed by atoms with E-state index < -0.39 is 17.7 Å². The number of aliphatic hydroxyl groups excluding tert-OH is 1. The maximum absolute atomic E-state index is 13.8. The van der Waals surface area contributed by atoms with Crippen molar-refractivity contribution in [2.45, 2.75) is 43.3 Å². The lowest BCUT2D eigenvalue weighted by Crippen LogP contribution is -2.29. The Kier molecular flexibility index (Phi) is 10.5. The Morgan fingerprint density at radius 1 is 0.959 bits per heavy atom. The lowest BCUT2D eigenvalue weighted by Gasteiger charge is -2.24. The number of carbonyl (C=O) groups excluding carboxylic acids is 2. The fraction of sp³-hybridized carbons (Fsp3) is 0.263. The molecule has 1 aliphatic rings. The Morgan fingerprint density at radius 3 is 2.49 bits per heavy atom. The third-order valence-corrected chi connectivity index (χ3v) is 10.3. The molecule has 1 amide bonds. The van der Waals surface area contributed by atoms with Crippen molar-refractivity contribution in [3.05, 3.63) is 107 Å². The maximum Gasteiger partial charge on any atom is 0.301 e. The molecular formula is C38H37N3O6S2. The van der Waals surface area contributed by atoms with Gasteiger partial charge in [0, 0.05) is 11.3 Å². The number of fused-ring (bicyclic) bond motifs is 1. The average molecular weight is 696 g/mol. The lowest BCUT2D eigenvalue weighted by molar-refractivity contribution is -0.132. The van der Waals surface area contributed by atoms with Crippen molar-refractivity contribution in [1.82, 2.24) is 10.2 Å². The number of methoxy groups -OCH3 is 1. The number of benzene rings is 4. The predicted molar refractivity (Wildman–Crippen MR) is 194 cm³/mol. The smallest absolute Gasteiger partial charge is 0.301 e. The van der Waals surface area contributed by atoms with Gasteiger partial charge < -0.3 is 19.3 Å². The Labute approximate surface area is 293 Å². The second kappa shape index (κ2) is 15.1. The van der Waals surface area contributed by atoms with Gasteiger partial charge in [0.15, 0.2) is 15.8 Å². The summed E-state index contributed by atoms with van der Waals surface area (Å²) in [6.07, 6.45) is 0.868. The van der Waals surface area contributed by atoms with E-state index in [1.807, 2.05) is 25.1 Å². The highest BCUT2D eigenvalue weighted by Crippen LogP contribution is 2.46. The van der Waals surface area contributed by atoms with E-state index in [9.17, 15) is 14.7 Å². The average Bonchev–Trinajstić information content (AvgIpc) is 3.69. The van der Waals surface area contributed by atoms with E-state index in [1.165, 1.54) is 28.0 Å². The molecule has 5 aromatic rings. The van der Waals surface area contributed by atoms with Crippen LogP contribution in [0.4, 0.5) is 5.13 Å². The van der Waals surface area contributed by atoms with Crippen LogP contribution in [0.15, 0.2) is 94.8 Å². The fourth-order valence-corrected chi connectivity index (χ4v) is 7.52. The van der Waals surface area contributed by atoms with E-state index in [0.29, 0.717) is 57.6 Å². The Bertz CT molecular complexity index is 2000. The van der Waals surface area contributed by atoms with Gasteiger partial charge in [0.05, 0.1) is 31.9 Å². The molecular weight excluding hydrogens is 659 g/mol. The van der Waals surface area contributed by atoms with Crippen molar-refractivity contribution in [1.29, 1.82) is 0 Å². The molecule has 6 rings (SSSR count). The van der Waals surface area contributed by atoms with Crippen LogP contribution in [0, 0.1) is 5.92 Å². The van der Waals surface area contributed by atoms with E-state index in [4.69, 9.17) is 14.2 Å². The van der Waals surface area contributed by atoms with Crippen LogP contribution in [0.2, 0.25) is 0 Å². The van der Waals surface area contributed by atoms with E-state index >= 15 is 0 Å². The van der Waals surface area contributed by atoms with Gasteiger partial charge in [0.25, 0.3) is 5.78 Å². The van der Waals surface area contributed by atoms with Crippen molar-refractivity contribution in [2.24, 2.45) is 5.92 Å². The van der Waals surface area contributed by atoms with Crippen molar-refractivity contribution in [2.75, 3.05) is 25.2 Å². The third kappa shape index (κ3) is 7.28. The van der Waals surface area contributed by atoms with Crippen LogP contribution in [0.3, 0.4) is 0 Å². The SMILES string of the molecule is CCOc1cc(C2C(=C(O)c3ccc(OC)cc3)C(=O)C(=O)N2c2nnc(SCc3cccc4ccccc34)s2)ccc1OCCC(C)C. The van der Waals surface area contributed by atoms with Crippen LogP contribution in [-0.2, 0) is 15.3 Å². The van der Waals surface area contributed by atoms with E-state index in [0.717, 1.165) is 22.8 Å². The van der Waals surface area contributed by atoms with Crippen molar-refractivity contribution in [3.8, 4) is 17.2 Å². The predicted octanol–water partition coefficient (Wildman–Crippen LogP) is 8.44. The van der Waals surface area contributed by atoms with Gasteiger partial charge in [0.1, 0.15) is 11.5 Å². The molecule has 9 nitrogen and oxygen atoms in total. The monoisotopic (exact) mass is 695 g/mol. The summed E-state index contributed by atoms with van der Waals surface area (Å²) in [5.41, 5.74) is 2.00. The van der Waals surface area contributed by atoms with Crippen LogP contribution in [0.25, 0.3) is 16.5 Å². The number of ketones is 1. The van der Waals surface area contributed by atoms with Gasteiger partial charge in [-0.15, -0.1) is 10.2 Å². The van der Waals surface area contributed by atoms with Crippen LogP contribution < -0.4 is 19.1 Å². The molecule has 1 atom stereocenters. The number of hydrogen-bond donors (Lipinski definition) is 1. The molecule has 252 valence electrons. The van der Waals surface area contributed by atoms with Crippen molar-refractivity contribution in [3.63, 3.8) is 0 Å². The number of nitrogens with zero attached hydrogens (tertiary/aromatic N) is 3. The van der Waals surface area contributed by atoms with Crippen molar-refractivity contribution >= 4 is 56.5 Å². The molecule has 2 heterocycles. The molecule has 4 aromatic carbocycles. The number of aromatic nitrogens is 2. The molecule has 1 N–H and O–H groups in total. The van der Waals surface area contributed by atoms with Gasteiger partial charge >= 0.3 is 5.91 Å². The highest BCUT2D eigenvalue weighted by molar-refractivity contribution is 8.00. The normalized spacial score (nSPS) is 15.7. The number of rotatable bonds is 13. The van der Waals surface area contributed by atoms with Crippen molar-refractivity contribution < 1.29 is 28.9 Å². The number of amides is 1. The molecule has 0 saturated carbocycles. The molecule has 1 fully saturated rings. The minimum Gasteiger partial charge on any atom is -0.507 e. The fourth-order valence-electron chi connectivity index (χ4n) is 5.65. The van der Waals surface area contributed by atoms with E-state index in [-0.39, 0.29) is 16.5 Å². The zero-order chi connectivity index (χ0) is 34.5. The summed E-state index contributed by atoms with van der Waals surface area (Å²) in [6, 6.07) is 25.4. The summed E-state index contributed by atoms with van der Waals surface area (Å²) in [7, 11) is 1.54. The summed E-state index contributed by atoms with van der Waals surface area (Å²) in [5, 5.41) is 22.9. The summed E-state index contributed by atoms with van der Waals surface area (Å²) >= 11 is 2.73. The van der Waals surface area contributed by atoms with Gasteiger partial charge in [0.2, 0.25) is 5.13 Å². The topological polar surface area (TPSA) is 111 Å². The number of carbonyl (C=O) groups is 2. The van der Waals surface area contributed by atoms with Crippen LogP contribution in [0.1, 0.15) is 49.9 Å². The Morgan fingerprint density at radius 2 is 1.73 bits per heavy atom. The summed E-state index contributed by atoms with van der Waals surface area (Å²) in [6.45, 7) is 7.02. The molecule has 1 saturated heterocycles. The van der Waals surface area contributed by atoms with Gasteiger partial charge in [-0.25, -0.2) is 0 Å². The highest BCUT2D eigenvalue weighted by Gasteiger charge is 2.48. The van der Waals surface area contributed by atoms with Gasteiger partial charge in [-0.1, -0.05) is 85.5 Å². The molecule has 1 aliphatic heterocycles. The zero-order valence-corrected chi connectivity index (χ0v) is 29.3. The van der Waals surface area contributed by atoms with Crippen LogP contribution in [0.5, 0.6) is 17.2 Å². The van der Waals surface area contributed by atoms with Gasteiger partial charge in [-0.3, -0.25) is 14.5 Å². The molecule has 1 unspecified atom stereocenters. The Hall–Kier alpha value is -4.87. The number of ether oxygens (including phenoxy) is 3. The van der Waals surface area contributed by atoms with Gasteiger partial charge in [-0.05, 0) is 77.6 Å². The van der Waals surface area contributed by atoms with Gasteiger partial charge in [-0.2, -0.15) is 0 Å². The molecule has 0 aliphatic carbocycles. The third-order valence-electron chi connectivity index (χ3n) is 8.18. The standard InChI is InChI=1S/C38H37N3O6S2/c1-5-46-31-21-26(15-18-30(31)47-20-19-23(2)3)33-32(34(42)25-13-16-28(45-4)17-14-25)35(43)36(44)41(33)37-39-40-38(49-37)48-22-27-11-8-10-24-9-6-7-12-29(24)27/h6-18,21,23,33,42H,5,19-20,22H2,1-4H3. The van der Waals surface area contributed by atoms with E-state index in [1.54, 1.807) is 49.6 Å². The molecule has 49 heavy (non-hydrogen) atoms. The quantitative estimate of drug-likeness (QED) is 0.0427. The number of thioether (sulfide) groups is 1. The first kappa shape index (κ1) is 34.0. The molecule has 1 aromatic heterocycles. The van der Waals surface area contributed by atoms with Crippen LogP contribution in [-0.4, -0.2) is 47.3 Å². The first-order chi connectivity index (χ1) is 23.8. The molecule has 0 bridgehead atoms. The van der Waals surface area contributed by atoms with E-state index in [2.05, 4.69) is 48.3 Å². The first-order valence-electron chi connectivity index (χ1n) is 16.1. The number of aliphatic hydroxyl groups is 1. The lowest BCUT2D eigenvalue weighted by atomic mass is 9.95.